The third-order valence-corrected chi connectivity index (χ3v) is 3.67. The number of carbonyl (C=O) groups excluding carboxylic acids is 1. The molecule has 0 aromatic carbocycles. The molecule has 0 spiro atoms. The number of nitrogens with two attached hydrogens (primary N) is 1. The Morgan fingerprint density at radius 3 is 2.30 bits per heavy atom. The predicted molar refractivity (Wildman–Crippen MR) is 83.8 cm³/mol. The smallest absolute Gasteiger partial charge is 0.254 e. The van der Waals surface area contributed by atoms with Gasteiger partial charge in [-0.2, -0.15) is 0 Å². The second-order valence-corrected chi connectivity index (χ2v) is 6.30. The summed E-state index contributed by atoms with van der Waals surface area (Å²) in [7, 11) is 1.85. The topological polar surface area (TPSA) is 59.2 Å². The molecular formula is C16H27N3O. The Bertz CT molecular complexity index is 473. The van der Waals surface area contributed by atoms with Crippen molar-refractivity contribution < 1.29 is 4.79 Å². The molecule has 1 amide bonds. The van der Waals surface area contributed by atoms with Gasteiger partial charge in [0.25, 0.3) is 5.91 Å². The van der Waals surface area contributed by atoms with Gasteiger partial charge in [-0.25, -0.2) is 4.98 Å². The molecule has 1 aromatic rings. The fraction of sp³-hybridized carbons (Fsp3) is 0.625. The molecule has 0 saturated heterocycles. The third-order valence-electron chi connectivity index (χ3n) is 3.67. The SMILES string of the molecule is CCC(CC)N(C)C(=O)c1cc(N)nc(C(C)(C)C)c1. The largest absolute Gasteiger partial charge is 0.384 e. The zero-order chi connectivity index (χ0) is 15.5. The van der Waals surface area contributed by atoms with E-state index in [1.807, 2.05) is 13.1 Å². The zero-order valence-electron chi connectivity index (χ0n) is 13.5. The summed E-state index contributed by atoms with van der Waals surface area (Å²) in [6.45, 7) is 10.4. The highest BCUT2D eigenvalue weighted by Crippen LogP contribution is 2.23. The van der Waals surface area contributed by atoms with Crippen LogP contribution in [0.1, 0.15) is 63.5 Å². The maximum absolute atomic E-state index is 12.6. The van der Waals surface area contributed by atoms with Gasteiger partial charge in [0.2, 0.25) is 0 Å². The normalized spacial score (nSPS) is 11.8. The van der Waals surface area contributed by atoms with Gasteiger partial charge < -0.3 is 10.6 Å². The van der Waals surface area contributed by atoms with E-state index >= 15 is 0 Å². The first-order valence-electron chi connectivity index (χ1n) is 7.25. The van der Waals surface area contributed by atoms with Crippen LogP contribution < -0.4 is 5.73 Å². The summed E-state index contributed by atoms with van der Waals surface area (Å²) < 4.78 is 0. The molecule has 2 N–H and O–H groups in total. The van der Waals surface area contributed by atoms with Gasteiger partial charge in [-0.3, -0.25) is 4.79 Å². The van der Waals surface area contributed by atoms with Crippen LogP contribution in [0.3, 0.4) is 0 Å². The number of nitrogens with zero attached hydrogens (tertiary/aromatic N) is 2. The van der Waals surface area contributed by atoms with Crippen molar-refractivity contribution in [2.45, 2.75) is 58.9 Å². The lowest BCUT2D eigenvalue weighted by molar-refractivity contribution is 0.0723. The number of hydrogen-bond donors (Lipinski definition) is 1. The van der Waals surface area contributed by atoms with Gasteiger partial charge in [-0.1, -0.05) is 34.6 Å². The molecule has 1 heterocycles. The van der Waals surface area contributed by atoms with Crippen LogP contribution >= 0.6 is 0 Å². The average molecular weight is 277 g/mol. The number of hydrogen-bond acceptors (Lipinski definition) is 3. The molecule has 112 valence electrons. The maximum Gasteiger partial charge on any atom is 0.254 e. The van der Waals surface area contributed by atoms with Crippen molar-refractivity contribution in [2.75, 3.05) is 12.8 Å². The van der Waals surface area contributed by atoms with Gasteiger partial charge >= 0.3 is 0 Å². The lowest BCUT2D eigenvalue weighted by Crippen LogP contribution is -2.36. The Hall–Kier alpha value is -1.58. The molecule has 1 aromatic heterocycles. The molecule has 0 radical (unpaired) electrons. The van der Waals surface area contributed by atoms with E-state index in [4.69, 9.17) is 5.73 Å². The first-order valence-corrected chi connectivity index (χ1v) is 7.25. The van der Waals surface area contributed by atoms with Crippen LogP contribution in [-0.4, -0.2) is 28.9 Å². The summed E-state index contributed by atoms with van der Waals surface area (Å²) in [5, 5.41) is 0. The number of amides is 1. The van der Waals surface area contributed by atoms with E-state index in [1.165, 1.54) is 0 Å². The Morgan fingerprint density at radius 1 is 1.30 bits per heavy atom. The zero-order valence-corrected chi connectivity index (χ0v) is 13.5. The molecule has 0 saturated carbocycles. The van der Waals surface area contributed by atoms with Gasteiger partial charge in [0.15, 0.2) is 0 Å². The van der Waals surface area contributed by atoms with Crippen molar-refractivity contribution in [1.82, 2.24) is 9.88 Å². The summed E-state index contributed by atoms with van der Waals surface area (Å²) in [6, 6.07) is 3.78. The minimum absolute atomic E-state index is 0.0123. The molecule has 0 aliphatic carbocycles. The fourth-order valence-corrected chi connectivity index (χ4v) is 2.27. The number of aromatic nitrogens is 1. The fourth-order valence-electron chi connectivity index (χ4n) is 2.27. The Balaban J connectivity index is 3.13. The highest BCUT2D eigenvalue weighted by Gasteiger charge is 2.22. The summed E-state index contributed by atoms with van der Waals surface area (Å²) >= 11 is 0. The first-order chi connectivity index (χ1) is 9.20. The van der Waals surface area contributed by atoms with Gasteiger partial charge in [-0.15, -0.1) is 0 Å². The number of nitrogen functional groups attached to an aromatic ring is 1. The molecular weight excluding hydrogens is 250 g/mol. The highest BCUT2D eigenvalue weighted by molar-refractivity contribution is 5.95. The van der Waals surface area contributed by atoms with Crippen LogP contribution in [0.5, 0.6) is 0 Å². The van der Waals surface area contributed by atoms with Crippen LogP contribution in [0.15, 0.2) is 12.1 Å². The van der Waals surface area contributed by atoms with E-state index in [1.54, 1.807) is 11.0 Å². The molecule has 0 bridgehead atoms. The van der Waals surface area contributed by atoms with E-state index in [-0.39, 0.29) is 17.4 Å². The number of pyridine rings is 1. The summed E-state index contributed by atoms with van der Waals surface area (Å²) in [6.07, 6.45) is 1.90. The van der Waals surface area contributed by atoms with Gasteiger partial charge in [-0.05, 0) is 25.0 Å². The van der Waals surface area contributed by atoms with Crippen molar-refractivity contribution in [3.05, 3.63) is 23.4 Å². The Kier molecular flexibility index (Phi) is 5.15. The first kappa shape index (κ1) is 16.5. The molecule has 0 aliphatic rings. The van der Waals surface area contributed by atoms with Crippen molar-refractivity contribution in [3.63, 3.8) is 0 Å². The number of anilines is 1. The second-order valence-electron chi connectivity index (χ2n) is 6.30. The summed E-state index contributed by atoms with van der Waals surface area (Å²) in [5.74, 6) is 0.414. The number of carbonyl (C=O) groups is 1. The van der Waals surface area contributed by atoms with E-state index in [0.717, 1.165) is 18.5 Å². The highest BCUT2D eigenvalue weighted by atomic mass is 16.2. The third kappa shape index (κ3) is 3.71. The Morgan fingerprint density at radius 2 is 1.85 bits per heavy atom. The van der Waals surface area contributed by atoms with E-state index in [9.17, 15) is 4.79 Å². The molecule has 4 heteroatoms. The average Bonchev–Trinajstić information content (AvgIpc) is 2.37. The van der Waals surface area contributed by atoms with Crippen molar-refractivity contribution in [3.8, 4) is 0 Å². The predicted octanol–water partition coefficient (Wildman–Crippen LogP) is 3.22. The molecule has 4 nitrogen and oxygen atoms in total. The van der Waals surface area contributed by atoms with E-state index < -0.39 is 0 Å². The number of rotatable bonds is 4. The monoisotopic (exact) mass is 277 g/mol. The lowest BCUT2D eigenvalue weighted by Gasteiger charge is -2.27. The minimum atomic E-state index is -0.127. The van der Waals surface area contributed by atoms with Crippen LogP contribution in [0.2, 0.25) is 0 Å². The van der Waals surface area contributed by atoms with E-state index in [2.05, 4.69) is 39.6 Å². The second kappa shape index (κ2) is 6.25. The van der Waals surface area contributed by atoms with Crippen molar-refractivity contribution in [2.24, 2.45) is 0 Å². The lowest BCUT2D eigenvalue weighted by atomic mass is 9.90. The quantitative estimate of drug-likeness (QED) is 0.919. The molecule has 20 heavy (non-hydrogen) atoms. The van der Waals surface area contributed by atoms with Crippen molar-refractivity contribution in [1.29, 1.82) is 0 Å². The van der Waals surface area contributed by atoms with Crippen LogP contribution in [0.25, 0.3) is 0 Å². The molecule has 1 rings (SSSR count). The van der Waals surface area contributed by atoms with E-state index in [0.29, 0.717) is 11.4 Å². The van der Waals surface area contributed by atoms with Gasteiger partial charge in [0.1, 0.15) is 5.82 Å². The standard InChI is InChI=1S/C16H27N3O/c1-7-12(8-2)19(6)15(20)11-9-13(16(3,4)5)18-14(17)10-11/h9-10,12H,7-8H2,1-6H3,(H2,17,18). The van der Waals surface area contributed by atoms with Gasteiger partial charge in [0, 0.05) is 29.8 Å². The van der Waals surface area contributed by atoms with Crippen LogP contribution in [0.4, 0.5) is 5.82 Å². The van der Waals surface area contributed by atoms with Crippen molar-refractivity contribution >= 4 is 11.7 Å². The molecule has 0 fully saturated rings. The molecule has 0 atom stereocenters. The van der Waals surface area contributed by atoms with Gasteiger partial charge in [0.05, 0.1) is 0 Å². The minimum Gasteiger partial charge on any atom is -0.384 e. The Labute approximate surface area is 122 Å². The molecule has 0 aliphatic heterocycles. The summed E-state index contributed by atoms with van der Waals surface area (Å²) in [4.78, 5) is 18.7. The molecule has 0 unspecified atom stereocenters. The maximum atomic E-state index is 12.6. The van der Waals surface area contributed by atoms with Crippen LogP contribution in [-0.2, 0) is 5.41 Å². The van der Waals surface area contributed by atoms with Crippen LogP contribution in [0, 0.1) is 0 Å². The summed E-state index contributed by atoms with van der Waals surface area (Å²) in [5.41, 5.74) is 7.19.